The number of rotatable bonds is 4. The fourth-order valence-electron chi connectivity index (χ4n) is 3.72. The van der Waals surface area contributed by atoms with E-state index in [2.05, 4.69) is 65.5 Å². The molecule has 3 nitrogen and oxygen atoms in total. The number of hydrogen-bond donors (Lipinski definition) is 2. The molecule has 2 fully saturated rings. The lowest BCUT2D eigenvalue weighted by molar-refractivity contribution is 0.379. The van der Waals surface area contributed by atoms with Crippen molar-refractivity contribution in [1.29, 1.82) is 0 Å². The van der Waals surface area contributed by atoms with E-state index >= 15 is 0 Å². The molecule has 0 amide bonds. The first-order valence-corrected chi connectivity index (χ1v) is 7.68. The van der Waals surface area contributed by atoms with Crippen molar-refractivity contribution in [1.82, 2.24) is 15.0 Å². The third-order valence-corrected chi connectivity index (χ3v) is 5.27. The van der Waals surface area contributed by atoms with E-state index in [-0.39, 0.29) is 5.54 Å². The molecule has 2 aromatic heterocycles. The van der Waals surface area contributed by atoms with Gasteiger partial charge in [-0.15, -0.1) is 0 Å². The SMILES string of the molecule is CC(C)(NC[C@H]1[C@@H]2CNC[C@@H]21)c1cc2ccccn2c1. The van der Waals surface area contributed by atoms with Crippen molar-refractivity contribution in [2.24, 2.45) is 17.8 Å². The predicted octanol–water partition coefficient (Wildman–Crippen LogP) is 2.23. The molecule has 1 saturated carbocycles. The highest BCUT2D eigenvalue weighted by Crippen LogP contribution is 2.48. The van der Waals surface area contributed by atoms with E-state index in [1.54, 1.807) is 0 Å². The summed E-state index contributed by atoms with van der Waals surface area (Å²) in [5.41, 5.74) is 2.67. The van der Waals surface area contributed by atoms with Crippen molar-refractivity contribution in [2.75, 3.05) is 19.6 Å². The van der Waals surface area contributed by atoms with Crippen molar-refractivity contribution in [2.45, 2.75) is 19.4 Å². The molecule has 1 aliphatic heterocycles. The molecule has 3 atom stereocenters. The van der Waals surface area contributed by atoms with Gasteiger partial charge in [-0.05, 0) is 75.0 Å². The summed E-state index contributed by atoms with van der Waals surface area (Å²) in [6.45, 7) is 8.19. The molecular formula is C17H23N3. The Hall–Kier alpha value is -1.32. The van der Waals surface area contributed by atoms with Gasteiger partial charge < -0.3 is 15.0 Å². The first-order chi connectivity index (χ1) is 9.65. The van der Waals surface area contributed by atoms with Crippen molar-refractivity contribution in [3.8, 4) is 0 Å². The topological polar surface area (TPSA) is 28.5 Å². The van der Waals surface area contributed by atoms with Gasteiger partial charge in [-0.1, -0.05) is 6.07 Å². The maximum atomic E-state index is 3.79. The zero-order valence-corrected chi connectivity index (χ0v) is 12.3. The van der Waals surface area contributed by atoms with Crippen molar-refractivity contribution in [3.63, 3.8) is 0 Å². The number of nitrogens with zero attached hydrogens (tertiary/aromatic N) is 1. The molecule has 106 valence electrons. The molecule has 20 heavy (non-hydrogen) atoms. The lowest BCUT2D eigenvalue weighted by Gasteiger charge is -2.26. The Bertz CT molecular complexity index is 585. The number of hydrogen-bond acceptors (Lipinski definition) is 2. The highest BCUT2D eigenvalue weighted by atomic mass is 15.0. The highest BCUT2D eigenvalue weighted by molar-refractivity contribution is 5.51. The fraction of sp³-hybridized carbons (Fsp3) is 0.529. The number of piperidine rings is 1. The van der Waals surface area contributed by atoms with E-state index < -0.39 is 0 Å². The van der Waals surface area contributed by atoms with Crippen LogP contribution in [0.25, 0.3) is 5.52 Å². The molecule has 4 rings (SSSR count). The molecule has 0 unspecified atom stereocenters. The minimum Gasteiger partial charge on any atom is -0.324 e. The molecule has 0 radical (unpaired) electrons. The quantitative estimate of drug-likeness (QED) is 0.891. The van der Waals surface area contributed by atoms with Gasteiger partial charge in [0.25, 0.3) is 0 Å². The minimum absolute atomic E-state index is 0.0380. The summed E-state index contributed by atoms with van der Waals surface area (Å²) in [6.07, 6.45) is 4.36. The summed E-state index contributed by atoms with van der Waals surface area (Å²) in [5, 5.41) is 7.25. The van der Waals surface area contributed by atoms with Crippen LogP contribution in [0.5, 0.6) is 0 Å². The van der Waals surface area contributed by atoms with Crippen LogP contribution in [0.4, 0.5) is 0 Å². The van der Waals surface area contributed by atoms with Crippen LogP contribution in [0, 0.1) is 17.8 Å². The summed E-state index contributed by atoms with van der Waals surface area (Å²) in [6, 6.07) is 8.63. The van der Waals surface area contributed by atoms with Crippen LogP contribution in [0.1, 0.15) is 19.4 Å². The van der Waals surface area contributed by atoms with Gasteiger partial charge in [-0.2, -0.15) is 0 Å². The van der Waals surface area contributed by atoms with Gasteiger partial charge in [0.1, 0.15) is 0 Å². The van der Waals surface area contributed by atoms with Crippen LogP contribution in [-0.4, -0.2) is 24.0 Å². The maximum absolute atomic E-state index is 3.79. The van der Waals surface area contributed by atoms with Crippen LogP contribution < -0.4 is 10.6 Å². The Morgan fingerprint density at radius 3 is 2.85 bits per heavy atom. The van der Waals surface area contributed by atoms with E-state index in [0.717, 1.165) is 24.3 Å². The Balaban J connectivity index is 1.48. The average molecular weight is 269 g/mol. The summed E-state index contributed by atoms with van der Waals surface area (Å²) < 4.78 is 2.20. The summed E-state index contributed by atoms with van der Waals surface area (Å²) in [5.74, 6) is 2.77. The smallest absolute Gasteiger partial charge is 0.0453 e. The fourth-order valence-corrected chi connectivity index (χ4v) is 3.72. The minimum atomic E-state index is 0.0380. The number of pyridine rings is 1. The van der Waals surface area contributed by atoms with Crippen LogP contribution in [-0.2, 0) is 5.54 Å². The second kappa shape index (κ2) is 4.34. The molecule has 0 bridgehead atoms. The molecule has 2 aliphatic rings. The molecule has 1 saturated heterocycles. The van der Waals surface area contributed by atoms with Crippen molar-refractivity contribution >= 4 is 5.52 Å². The van der Waals surface area contributed by atoms with Gasteiger partial charge in [-0.3, -0.25) is 0 Å². The number of aromatic nitrogens is 1. The Kier molecular flexibility index (Phi) is 2.69. The summed E-state index contributed by atoms with van der Waals surface area (Å²) in [7, 11) is 0. The van der Waals surface area contributed by atoms with E-state index in [1.807, 2.05) is 0 Å². The standard InChI is InChI=1S/C17H23N3/c1-17(2,19-10-16-14-8-18-9-15(14)16)12-7-13-5-3-4-6-20(13)11-12/h3-7,11,14-16,18-19H,8-10H2,1-2H3/t14-,15+,16+. The molecular weight excluding hydrogens is 246 g/mol. The van der Waals surface area contributed by atoms with E-state index in [0.29, 0.717) is 0 Å². The first kappa shape index (κ1) is 12.4. The second-order valence-electron chi connectivity index (χ2n) is 6.92. The summed E-state index contributed by atoms with van der Waals surface area (Å²) in [4.78, 5) is 0. The van der Waals surface area contributed by atoms with E-state index in [1.165, 1.54) is 24.2 Å². The van der Waals surface area contributed by atoms with Crippen molar-refractivity contribution in [3.05, 3.63) is 42.2 Å². The Morgan fingerprint density at radius 1 is 1.30 bits per heavy atom. The van der Waals surface area contributed by atoms with Gasteiger partial charge in [0.15, 0.2) is 0 Å². The zero-order chi connectivity index (χ0) is 13.7. The molecule has 1 aliphatic carbocycles. The van der Waals surface area contributed by atoms with Crippen LogP contribution in [0.3, 0.4) is 0 Å². The van der Waals surface area contributed by atoms with Gasteiger partial charge in [0.05, 0.1) is 0 Å². The molecule has 2 aromatic rings. The maximum Gasteiger partial charge on any atom is 0.0453 e. The lowest BCUT2D eigenvalue weighted by atomic mass is 9.96. The van der Waals surface area contributed by atoms with Gasteiger partial charge in [0, 0.05) is 23.4 Å². The third-order valence-electron chi connectivity index (χ3n) is 5.27. The Morgan fingerprint density at radius 2 is 2.10 bits per heavy atom. The second-order valence-corrected chi connectivity index (χ2v) is 6.92. The van der Waals surface area contributed by atoms with Crippen LogP contribution in [0.15, 0.2) is 36.7 Å². The molecule has 3 heteroatoms. The van der Waals surface area contributed by atoms with Gasteiger partial charge in [-0.25, -0.2) is 0 Å². The number of fused-ring (bicyclic) bond motifs is 2. The first-order valence-electron chi connectivity index (χ1n) is 7.68. The van der Waals surface area contributed by atoms with Gasteiger partial charge >= 0.3 is 0 Å². The largest absolute Gasteiger partial charge is 0.324 e. The highest BCUT2D eigenvalue weighted by Gasteiger charge is 2.52. The number of nitrogens with one attached hydrogen (secondary N) is 2. The molecule has 0 spiro atoms. The predicted molar refractivity (Wildman–Crippen MR) is 81.8 cm³/mol. The molecule has 0 aromatic carbocycles. The Labute approximate surface area is 120 Å². The summed E-state index contributed by atoms with van der Waals surface area (Å²) >= 11 is 0. The average Bonchev–Trinajstić information content (AvgIpc) is 2.87. The monoisotopic (exact) mass is 269 g/mol. The van der Waals surface area contributed by atoms with Crippen LogP contribution >= 0.6 is 0 Å². The molecule has 2 N–H and O–H groups in total. The third kappa shape index (κ3) is 1.97. The normalized spacial score (nSPS) is 28.8. The van der Waals surface area contributed by atoms with Gasteiger partial charge in [0.2, 0.25) is 0 Å². The van der Waals surface area contributed by atoms with E-state index in [9.17, 15) is 0 Å². The van der Waals surface area contributed by atoms with E-state index in [4.69, 9.17) is 0 Å². The van der Waals surface area contributed by atoms with Crippen LogP contribution in [0.2, 0.25) is 0 Å². The van der Waals surface area contributed by atoms with Crippen molar-refractivity contribution < 1.29 is 0 Å². The lowest BCUT2D eigenvalue weighted by Crippen LogP contribution is -2.38. The molecule has 3 heterocycles. The zero-order valence-electron chi connectivity index (χ0n) is 12.3.